The van der Waals surface area contributed by atoms with Crippen LogP contribution in [-0.4, -0.2) is 37.2 Å². The van der Waals surface area contributed by atoms with Gasteiger partial charge in [0, 0.05) is 12.0 Å². The molecule has 1 aromatic rings. The van der Waals surface area contributed by atoms with Crippen molar-refractivity contribution in [2.75, 3.05) is 20.7 Å². The predicted octanol–water partition coefficient (Wildman–Crippen LogP) is 2.73. The summed E-state index contributed by atoms with van der Waals surface area (Å²) in [4.78, 5) is 12.6. The molecule has 0 spiro atoms. The van der Waals surface area contributed by atoms with Gasteiger partial charge < -0.3 is 21.6 Å². The Kier molecular flexibility index (Phi) is 14.3. The molecule has 0 aliphatic rings. The van der Waals surface area contributed by atoms with Crippen LogP contribution >= 0.6 is 0 Å². The second kappa shape index (κ2) is 14.9. The molecule has 156 valence electrons. The van der Waals surface area contributed by atoms with Gasteiger partial charge in [-0.15, -0.1) is 0 Å². The van der Waals surface area contributed by atoms with Gasteiger partial charge in [0.1, 0.15) is 6.54 Å². The second-order valence-corrected chi connectivity index (χ2v) is 7.95. The van der Waals surface area contributed by atoms with Crippen molar-refractivity contribution in [2.45, 2.75) is 84.2 Å². The maximum absolute atomic E-state index is 12.6. The smallest absolute Gasteiger partial charge is 0.364 e. The van der Waals surface area contributed by atoms with Crippen LogP contribution < -0.4 is 12.4 Å². The highest BCUT2D eigenvalue weighted by atomic mass is 35.5. The molecule has 0 N–H and O–H groups in total. The molecule has 0 amide bonds. The monoisotopic (exact) mass is 397 g/mol. The van der Waals surface area contributed by atoms with E-state index in [-0.39, 0.29) is 24.4 Å². The van der Waals surface area contributed by atoms with Crippen LogP contribution in [0, 0.1) is 0 Å². The summed E-state index contributed by atoms with van der Waals surface area (Å²) in [7, 11) is 4.30. The van der Waals surface area contributed by atoms with E-state index >= 15 is 0 Å². The van der Waals surface area contributed by atoms with Crippen LogP contribution in [0.25, 0.3) is 0 Å². The summed E-state index contributed by atoms with van der Waals surface area (Å²) in [6.07, 6.45) is 11.2. The molecule has 0 saturated heterocycles. The zero-order valence-electron chi connectivity index (χ0n) is 17.9. The molecule has 0 aliphatic heterocycles. The van der Waals surface area contributed by atoms with E-state index in [4.69, 9.17) is 4.74 Å². The molecule has 1 unspecified atom stereocenters. The molecule has 1 aromatic carbocycles. The summed E-state index contributed by atoms with van der Waals surface area (Å²) in [6.45, 7) is 5.45. The van der Waals surface area contributed by atoms with Crippen LogP contribution in [0.5, 0.6) is 0 Å². The van der Waals surface area contributed by atoms with Gasteiger partial charge >= 0.3 is 5.97 Å². The number of nitrogens with zero attached hydrogens (tertiary/aromatic N) is 1. The number of halogens is 1. The maximum atomic E-state index is 12.6. The van der Waals surface area contributed by atoms with Crippen molar-refractivity contribution in [3.05, 3.63) is 35.9 Å². The number of rotatable bonds is 14. The van der Waals surface area contributed by atoms with Crippen molar-refractivity contribution in [1.82, 2.24) is 0 Å². The number of hydrogen-bond acceptors (Lipinski definition) is 2. The van der Waals surface area contributed by atoms with Crippen LogP contribution in [0.15, 0.2) is 30.3 Å². The maximum Gasteiger partial charge on any atom is 0.364 e. The average Bonchev–Trinajstić information content (AvgIpc) is 2.60. The van der Waals surface area contributed by atoms with E-state index < -0.39 is 0 Å². The van der Waals surface area contributed by atoms with Crippen LogP contribution in [0.4, 0.5) is 0 Å². The largest absolute Gasteiger partial charge is 1.00 e. The van der Waals surface area contributed by atoms with Crippen molar-refractivity contribution < 1.29 is 26.4 Å². The van der Waals surface area contributed by atoms with E-state index in [9.17, 15) is 4.79 Å². The third-order valence-corrected chi connectivity index (χ3v) is 5.17. The molecule has 0 aromatic heterocycles. The summed E-state index contributed by atoms with van der Waals surface area (Å²) >= 11 is 0. The molecule has 3 nitrogen and oxygen atoms in total. The molecule has 0 aliphatic carbocycles. The van der Waals surface area contributed by atoms with Crippen LogP contribution in [0.1, 0.15) is 77.2 Å². The lowest BCUT2D eigenvalue weighted by molar-refractivity contribution is -0.920. The molecule has 0 radical (unpaired) electrons. The van der Waals surface area contributed by atoms with Crippen molar-refractivity contribution in [3.63, 3.8) is 0 Å². The van der Waals surface area contributed by atoms with Gasteiger partial charge in [-0.25, -0.2) is 4.79 Å². The number of ether oxygens (including phenoxy) is 1. The first kappa shape index (κ1) is 25.9. The Morgan fingerprint density at radius 2 is 1.48 bits per heavy atom. The van der Waals surface area contributed by atoms with Crippen LogP contribution in [0.2, 0.25) is 0 Å². The number of likely N-dealkylation sites (N-methyl/N-ethyl adjacent to an activating group) is 1. The van der Waals surface area contributed by atoms with Gasteiger partial charge in [0.25, 0.3) is 0 Å². The molecule has 1 rings (SSSR count). The van der Waals surface area contributed by atoms with E-state index in [1.807, 2.05) is 13.0 Å². The highest BCUT2D eigenvalue weighted by Gasteiger charge is 2.35. The molecular weight excluding hydrogens is 358 g/mol. The van der Waals surface area contributed by atoms with Crippen molar-refractivity contribution >= 4 is 5.97 Å². The molecule has 27 heavy (non-hydrogen) atoms. The Morgan fingerprint density at radius 3 is 2.04 bits per heavy atom. The zero-order valence-corrected chi connectivity index (χ0v) is 18.6. The molecular formula is C23H40ClNO2. The summed E-state index contributed by atoms with van der Waals surface area (Å²) in [5.41, 5.74) is 1.27. The molecule has 0 bridgehead atoms. The fourth-order valence-corrected chi connectivity index (χ4v) is 3.63. The van der Waals surface area contributed by atoms with Gasteiger partial charge in [-0.05, 0) is 13.3 Å². The Balaban J connectivity index is 0.00000676. The Hall–Kier alpha value is -1.06. The first-order valence-corrected chi connectivity index (χ1v) is 10.5. The number of carbonyl (C=O) groups excluding carboxylic acids is 1. The standard InChI is InChI=1S/C23H40NO2.ClH/c1-5-7-8-9-10-11-12-16-19-22(23(25)26-6-2)24(3,4)20-21-17-14-13-15-18-21;/h13-15,17-18,22H,5-12,16,19-20H2,1-4H3;1H/q+1;/p-1. The highest BCUT2D eigenvalue weighted by molar-refractivity contribution is 5.74. The Morgan fingerprint density at radius 1 is 0.926 bits per heavy atom. The topological polar surface area (TPSA) is 26.3 Å². The molecule has 0 saturated carbocycles. The SMILES string of the molecule is CCCCCCCCCCC(C(=O)OCC)[N+](C)(C)Cc1ccccc1.[Cl-]. The van der Waals surface area contributed by atoms with Gasteiger partial charge in [0.15, 0.2) is 6.04 Å². The molecule has 1 atom stereocenters. The van der Waals surface area contributed by atoms with Gasteiger partial charge in [-0.1, -0.05) is 82.2 Å². The minimum atomic E-state index is -0.0877. The van der Waals surface area contributed by atoms with Crippen molar-refractivity contribution in [1.29, 1.82) is 0 Å². The van der Waals surface area contributed by atoms with Gasteiger partial charge in [0.05, 0.1) is 20.7 Å². The van der Waals surface area contributed by atoms with Gasteiger partial charge in [-0.2, -0.15) is 0 Å². The summed E-state index contributed by atoms with van der Waals surface area (Å²) in [5, 5.41) is 0. The zero-order chi connectivity index (χ0) is 19.3. The van der Waals surface area contributed by atoms with Crippen molar-refractivity contribution in [3.8, 4) is 0 Å². The number of esters is 1. The van der Waals surface area contributed by atoms with E-state index in [0.717, 1.165) is 19.4 Å². The predicted molar refractivity (Wildman–Crippen MR) is 110 cm³/mol. The van der Waals surface area contributed by atoms with Crippen LogP contribution in [-0.2, 0) is 16.1 Å². The minimum absolute atomic E-state index is 0. The Bertz CT molecular complexity index is 490. The fourth-order valence-electron chi connectivity index (χ4n) is 3.63. The van der Waals surface area contributed by atoms with Gasteiger partial charge in [-0.3, -0.25) is 0 Å². The summed E-state index contributed by atoms with van der Waals surface area (Å²) < 4.78 is 6.05. The third kappa shape index (κ3) is 10.8. The number of hydrogen-bond donors (Lipinski definition) is 0. The number of quaternary nitrogens is 1. The van der Waals surface area contributed by atoms with E-state index in [0.29, 0.717) is 11.1 Å². The van der Waals surface area contributed by atoms with E-state index in [1.165, 1.54) is 50.5 Å². The molecule has 0 heterocycles. The lowest BCUT2D eigenvalue weighted by Crippen LogP contribution is -3.00. The molecule has 4 heteroatoms. The van der Waals surface area contributed by atoms with Crippen molar-refractivity contribution in [2.24, 2.45) is 0 Å². The lowest BCUT2D eigenvalue weighted by Gasteiger charge is -2.36. The normalized spacial score (nSPS) is 12.3. The average molecular weight is 398 g/mol. The number of carbonyl (C=O) groups is 1. The first-order valence-electron chi connectivity index (χ1n) is 10.5. The minimum Gasteiger partial charge on any atom is -1.00 e. The third-order valence-electron chi connectivity index (χ3n) is 5.17. The Labute approximate surface area is 173 Å². The number of benzene rings is 1. The highest BCUT2D eigenvalue weighted by Crippen LogP contribution is 2.21. The quantitative estimate of drug-likeness (QED) is 0.274. The van der Waals surface area contributed by atoms with Gasteiger partial charge in [0.2, 0.25) is 0 Å². The first-order chi connectivity index (χ1) is 12.5. The van der Waals surface area contributed by atoms with Crippen LogP contribution in [0.3, 0.4) is 0 Å². The van der Waals surface area contributed by atoms with E-state index in [2.05, 4.69) is 45.3 Å². The fraction of sp³-hybridized carbons (Fsp3) is 0.696. The summed E-state index contributed by atoms with van der Waals surface area (Å²) in [6, 6.07) is 10.3. The lowest BCUT2D eigenvalue weighted by atomic mass is 10.0. The summed E-state index contributed by atoms with van der Waals surface area (Å²) in [5.74, 6) is -0.0450. The second-order valence-electron chi connectivity index (χ2n) is 7.95. The molecule has 0 fully saturated rings. The van der Waals surface area contributed by atoms with E-state index in [1.54, 1.807) is 0 Å². The number of unbranched alkanes of at least 4 members (excludes halogenated alkanes) is 7.